The lowest BCUT2D eigenvalue weighted by molar-refractivity contribution is -0.693. The van der Waals surface area contributed by atoms with E-state index in [-0.39, 0.29) is 22.7 Å². The number of non-ortho nitro benzene ring substituents is 1. The van der Waals surface area contributed by atoms with Crippen molar-refractivity contribution in [3.05, 3.63) is 55.4 Å². The van der Waals surface area contributed by atoms with Gasteiger partial charge >= 0.3 is 3.92 Å². The second-order valence-electron chi connectivity index (χ2n) is 3.21. The molecule has 90 valence electrons. The predicted octanol–water partition coefficient (Wildman–Crippen LogP) is -0.241. The molecule has 0 radical (unpaired) electrons. The Balaban J connectivity index is 0.00000144. The van der Waals surface area contributed by atoms with Crippen LogP contribution in [0.15, 0.2) is 39.8 Å². The molecule has 2 aromatic rings. The molecular formula is C10H8Br2N2O2S. The number of rotatable bonds is 3. The molecular weight excluding hydrogens is 372 g/mol. The molecule has 0 spiro atoms. The Morgan fingerprint density at radius 1 is 1.35 bits per heavy atom. The maximum absolute atomic E-state index is 10.5. The van der Waals surface area contributed by atoms with Gasteiger partial charge in [-0.15, -0.1) is 0 Å². The highest BCUT2D eigenvalue weighted by atomic mass is 79.9. The van der Waals surface area contributed by atoms with Gasteiger partial charge in [-0.05, 0) is 12.1 Å². The lowest BCUT2D eigenvalue weighted by Crippen LogP contribution is -3.00. The minimum atomic E-state index is -0.391. The highest BCUT2D eigenvalue weighted by Crippen LogP contribution is 2.14. The summed E-state index contributed by atoms with van der Waals surface area (Å²) in [5, 5.41) is 12.5. The zero-order valence-electron chi connectivity index (χ0n) is 8.55. The van der Waals surface area contributed by atoms with Crippen molar-refractivity contribution in [2.45, 2.75) is 6.54 Å². The molecule has 0 unspecified atom stereocenters. The van der Waals surface area contributed by atoms with Gasteiger partial charge in [0.15, 0.2) is 12.7 Å². The maximum atomic E-state index is 10.5. The van der Waals surface area contributed by atoms with Gasteiger partial charge in [0.1, 0.15) is 0 Å². The van der Waals surface area contributed by atoms with Crippen LogP contribution < -0.4 is 21.5 Å². The second-order valence-corrected chi connectivity index (χ2v) is 5.38. The van der Waals surface area contributed by atoms with E-state index in [1.54, 1.807) is 23.5 Å². The van der Waals surface area contributed by atoms with E-state index < -0.39 is 4.92 Å². The average Bonchev–Trinajstić information content (AvgIpc) is 2.65. The number of nitro benzene ring substituents is 1. The van der Waals surface area contributed by atoms with Gasteiger partial charge in [-0.1, -0.05) is 11.3 Å². The van der Waals surface area contributed by atoms with Crippen LogP contribution in [0.4, 0.5) is 5.69 Å². The average molecular weight is 380 g/mol. The van der Waals surface area contributed by atoms with E-state index in [2.05, 4.69) is 15.9 Å². The van der Waals surface area contributed by atoms with E-state index >= 15 is 0 Å². The number of nitrogens with zero attached hydrogens (tertiary/aromatic N) is 2. The molecule has 4 nitrogen and oxygen atoms in total. The van der Waals surface area contributed by atoms with Crippen molar-refractivity contribution in [3.63, 3.8) is 0 Å². The number of hydrogen-bond acceptors (Lipinski definition) is 3. The molecule has 7 heteroatoms. The maximum Gasteiger partial charge on any atom is 0.305 e. The minimum absolute atomic E-state index is 0. The molecule has 0 fully saturated rings. The Bertz CT molecular complexity index is 513. The van der Waals surface area contributed by atoms with Crippen molar-refractivity contribution in [3.8, 4) is 0 Å². The molecule has 0 bridgehead atoms. The van der Waals surface area contributed by atoms with Crippen LogP contribution in [0.1, 0.15) is 5.56 Å². The molecule has 1 aromatic carbocycles. The number of hydrogen-bond donors (Lipinski definition) is 0. The van der Waals surface area contributed by atoms with Gasteiger partial charge in [0.25, 0.3) is 5.69 Å². The first-order valence-electron chi connectivity index (χ1n) is 4.52. The van der Waals surface area contributed by atoms with E-state index in [1.165, 1.54) is 12.1 Å². The quantitative estimate of drug-likeness (QED) is 0.419. The molecule has 0 saturated heterocycles. The van der Waals surface area contributed by atoms with Crippen molar-refractivity contribution in [1.29, 1.82) is 0 Å². The number of thiazole rings is 1. The molecule has 1 heterocycles. The van der Waals surface area contributed by atoms with Crippen LogP contribution in [0, 0.1) is 10.1 Å². The minimum Gasteiger partial charge on any atom is -1.00 e. The van der Waals surface area contributed by atoms with Crippen LogP contribution in [0.25, 0.3) is 0 Å². The summed E-state index contributed by atoms with van der Waals surface area (Å²) < 4.78 is 3.07. The summed E-state index contributed by atoms with van der Waals surface area (Å²) >= 11 is 5.04. The molecule has 0 amide bonds. The Labute approximate surface area is 121 Å². The smallest absolute Gasteiger partial charge is 0.305 e. The molecule has 1 aromatic heterocycles. The summed E-state index contributed by atoms with van der Waals surface area (Å²) in [6.07, 6.45) is 1.97. The Hall–Kier alpha value is -0.790. The van der Waals surface area contributed by atoms with E-state index in [4.69, 9.17) is 0 Å². The Morgan fingerprint density at radius 2 is 2.00 bits per heavy atom. The largest absolute Gasteiger partial charge is 1.00 e. The first kappa shape index (κ1) is 14.3. The van der Waals surface area contributed by atoms with Crippen molar-refractivity contribution >= 4 is 33.0 Å². The summed E-state index contributed by atoms with van der Waals surface area (Å²) in [4.78, 5) is 10.1. The van der Waals surface area contributed by atoms with Crippen LogP contribution in [0.2, 0.25) is 0 Å². The van der Waals surface area contributed by atoms with Gasteiger partial charge in [-0.3, -0.25) is 10.1 Å². The number of nitro groups is 1. The summed E-state index contributed by atoms with van der Waals surface area (Å²) in [7, 11) is 0. The van der Waals surface area contributed by atoms with E-state index in [0.29, 0.717) is 6.54 Å². The van der Waals surface area contributed by atoms with E-state index in [0.717, 1.165) is 9.48 Å². The van der Waals surface area contributed by atoms with Crippen LogP contribution in [0.3, 0.4) is 0 Å². The third kappa shape index (κ3) is 3.58. The SMILES string of the molecule is O=[N+]([O-])c1ccc(C[n+]2ccsc2Br)cc1.[Br-]. The van der Waals surface area contributed by atoms with Crippen molar-refractivity contribution in [1.82, 2.24) is 0 Å². The molecule has 0 aliphatic rings. The molecule has 0 saturated carbocycles. The fraction of sp³-hybridized carbons (Fsp3) is 0.100. The standard InChI is InChI=1S/C10H8BrN2O2S.BrH/c11-10-12(5-6-16-10)7-8-1-3-9(4-2-8)13(14)15;/h1-6H,7H2;1H/q+1;/p-1. The van der Waals surface area contributed by atoms with Crippen LogP contribution in [-0.4, -0.2) is 4.92 Å². The lowest BCUT2D eigenvalue weighted by atomic mass is 10.2. The first-order chi connectivity index (χ1) is 7.66. The van der Waals surface area contributed by atoms with Gasteiger partial charge in [0, 0.05) is 33.6 Å². The van der Waals surface area contributed by atoms with E-state index in [1.807, 2.05) is 16.1 Å². The topological polar surface area (TPSA) is 47.0 Å². The zero-order chi connectivity index (χ0) is 11.5. The number of halogens is 2. The van der Waals surface area contributed by atoms with Gasteiger partial charge in [-0.2, -0.15) is 4.57 Å². The molecule has 0 N–H and O–H groups in total. The van der Waals surface area contributed by atoms with Gasteiger partial charge in [-0.25, -0.2) is 0 Å². The molecule has 0 aliphatic carbocycles. The van der Waals surface area contributed by atoms with Crippen molar-refractivity contribution < 1.29 is 26.5 Å². The van der Waals surface area contributed by atoms with Crippen LogP contribution >= 0.6 is 27.3 Å². The monoisotopic (exact) mass is 378 g/mol. The van der Waals surface area contributed by atoms with Gasteiger partial charge in [0.05, 0.1) is 10.3 Å². The highest BCUT2D eigenvalue weighted by molar-refractivity contribution is 9.11. The van der Waals surface area contributed by atoms with Crippen LogP contribution in [0.5, 0.6) is 0 Å². The summed E-state index contributed by atoms with van der Waals surface area (Å²) in [5.74, 6) is 0. The number of benzene rings is 1. The van der Waals surface area contributed by atoms with Gasteiger partial charge < -0.3 is 17.0 Å². The third-order valence-corrected chi connectivity index (χ3v) is 3.84. The van der Waals surface area contributed by atoms with Crippen molar-refractivity contribution in [2.24, 2.45) is 0 Å². The summed E-state index contributed by atoms with van der Waals surface area (Å²) in [6.45, 7) is 0.710. The zero-order valence-corrected chi connectivity index (χ0v) is 12.5. The summed E-state index contributed by atoms with van der Waals surface area (Å²) in [6, 6.07) is 6.59. The fourth-order valence-electron chi connectivity index (χ4n) is 1.32. The predicted molar refractivity (Wildman–Crippen MR) is 64.4 cm³/mol. The molecule has 17 heavy (non-hydrogen) atoms. The van der Waals surface area contributed by atoms with Gasteiger partial charge in [0.2, 0.25) is 0 Å². The van der Waals surface area contributed by atoms with E-state index in [9.17, 15) is 10.1 Å². The highest BCUT2D eigenvalue weighted by Gasteiger charge is 2.11. The number of aromatic nitrogens is 1. The first-order valence-corrected chi connectivity index (χ1v) is 6.20. The molecule has 0 atom stereocenters. The third-order valence-electron chi connectivity index (χ3n) is 2.13. The van der Waals surface area contributed by atoms with Crippen LogP contribution in [-0.2, 0) is 6.54 Å². The normalized spacial score (nSPS) is 9.71. The molecule has 0 aliphatic heterocycles. The Morgan fingerprint density at radius 3 is 2.47 bits per heavy atom. The lowest BCUT2D eigenvalue weighted by Gasteiger charge is -1.96. The molecule has 2 rings (SSSR count). The van der Waals surface area contributed by atoms with Crippen molar-refractivity contribution in [2.75, 3.05) is 0 Å². The second kappa shape index (κ2) is 6.23. The Kier molecular flexibility index (Phi) is 5.23. The fourth-order valence-corrected chi connectivity index (χ4v) is 2.47. The summed E-state index contributed by atoms with van der Waals surface area (Å²) in [5.41, 5.74) is 1.16.